The fraction of sp³-hybridized carbons (Fsp3) is 0.391. The van der Waals surface area contributed by atoms with Crippen molar-refractivity contribution in [2.24, 2.45) is 0 Å². The highest BCUT2D eigenvalue weighted by Crippen LogP contribution is 2.26. The van der Waals surface area contributed by atoms with E-state index in [0.29, 0.717) is 25.7 Å². The Labute approximate surface area is 179 Å². The highest BCUT2D eigenvalue weighted by molar-refractivity contribution is 5.79. The summed E-state index contributed by atoms with van der Waals surface area (Å²) in [7, 11) is 0. The summed E-state index contributed by atoms with van der Waals surface area (Å²) in [6.45, 7) is 3.67. The smallest absolute Gasteiger partial charge is 0.252 e. The zero-order chi connectivity index (χ0) is 21.2. The summed E-state index contributed by atoms with van der Waals surface area (Å²) in [6.07, 6.45) is 6.34. The Morgan fingerprint density at radius 3 is 2.87 bits per heavy atom. The molecule has 0 radical (unpaired) electrons. The van der Waals surface area contributed by atoms with Gasteiger partial charge < -0.3 is 9.40 Å². The summed E-state index contributed by atoms with van der Waals surface area (Å²) < 4.78 is 7.22. The topological polar surface area (TPSA) is 92.8 Å². The number of rotatable bonds is 7. The Hall–Kier alpha value is -3.26. The Bertz CT molecular complexity index is 1220. The van der Waals surface area contributed by atoms with Crippen LogP contribution in [-0.2, 0) is 19.6 Å². The van der Waals surface area contributed by atoms with E-state index in [1.165, 1.54) is 12.8 Å². The minimum absolute atomic E-state index is 0.0312. The number of tetrazole rings is 1. The van der Waals surface area contributed by atoms with E-state index in [0.717, 1.165) is 46.5 Å². The average molecular weight is 419 g/mol. The fourth-order valence-corrected chi connectivity index (χ4v) is 4.47. The number of aryl methyl sites for hydroxylation is 1. The lowest BCUT2D eigenvalue weighted by atomic mass is 10.1. The average Bonchev–Trinajstić information content (AvgIpc) is 3.52. The monoisotopic (exact) mass is 418 g/mol. The standard InChI is InChI=1S/C23H26N6O2/c1-16-8-9-17-12-18(23(30)24-21(17)11-16)13-28(19-5-2-3-6-19)15-22-25-26-27-29(22)14-20-7-4-10-31-20/h4,7-12,19H,2-3,5-6,13-15H2,1H3,(H,24,30). The zero-order valence-corrected chi connectivity index (χ0v) is 17.6. The molecule has 1 aliphatic carbocycles. The third-order valence-electron chi connectivity index (χ3n) is 6.13. The Morgan fingerprint density at radius 1 is 1.19 bits per heavy atom. The van der Waals surface area contributed by atoms with Crippen LogP contribution in [0.25, 0.3) is 10.9 Å². The molecule has 0 saturated heterocycles. The van der Waals surface area contributed by atoms with Crippen molar-refractivity contribution in [2.45, 2.75) is 58.3 Å². The van der Waals surface area contributed by atoms with Crippen molar-refractivity contribution in [3.63, 3.8) is 0 Å². The first kappa shape index (κ1) is 19.7. The maximum Gasteiger partial charge on any atom is 0.252 e. The van der Waals surface area contributed by atoms with Gasteiger partial charge in [-0.2, -0.15) is 0 Å². The van der Waals surface area contributed by atoms with Crippen LogP contribution in [0.15, 0.2) is 51.9 Å². The summed E-state index contributed by atoms with van der Waals surface area (Å²) in [4.78, 5) is 18.2. The van der Waals surface area contributed by atoms with Crippen LogP contribution in [0.5, 0.6) is 0 Å². The molecule has 1 aliphatic rings. The Balaban J connectivity index is 1.42. The normalized spacial score (nSPS) is 14.8. The molecule has 5 rings (SSSR count). The van der Waals surface area contributed by atoms with Crippen LogP contribution in [0.1, 0.15) is 48.4 Å². The van der Waals surface area contributed by atoms with Gasteiger partial charge in [-0.3, -0.25) is 9.69 Å². The van der Waals surface area contributed by atoms with Crippen molar-refractivity contribution < 1.29 is 4.42 Å². The van der Waals surface area contributed by atoms with E-state index in [4.69, 9.17) is 4.42 Å². The molecule has 0 spiro atoms. The molecule has 1 aromatic carbocycles. The summed E-state index contributed by atoms with van der Waals surface area (Å²) in [5.41, 5.74) is 2.75. The third-order valence-corrected chi connectivity index (χ3v) is 6.13. The molecule has 1 fully saturated rings. The van der Waals surface area contributed by atoms with Crippen molar-refractivity contribution in [1.82, 2.24) is 30.1 Å². The number of hydrogen-bond donors (Lipinski definition) is 1. The molecule has 1 saturated carbocycles. The van der Waals surface area contributed by atoms with Gasteiger partial charge in [0.05, 0.1) is 12.8 Å². The second-order valence-corrected chi connectivity index (χ2v) is 8.39. The van der Waals surface area contributed by atoms with E-state index in [-0.39, 0.29) is 5.56 Å². The van der Waals surface area contributed by atoms with E-state index in [2.05, 4.69) is 37.5 Å². The van der Waals surface area contributed by atoms with Gasteiger partial charge >= 0.3 is 0 Å². The van der Waals surface area contributed by atoms with Crippen LogP contribution in [-0.4, -0.2) is 36.1 Å². The highest BCUT2D eigenvalue weighted by Gasteiger charge is 2.25. The second kappa shape index (κ2) is 8.47. The van der Waals surface area contributed by atoms with Gasteiger partial charge in [0.2, 0.25) is 0 Å². The molecular formula is C23H26N6O2. The van der Waals surface area contributed by atoms with E-state index in [9.17, 15) is 4.79 Å². The fourth-order valence-electron chi connectivity index (χ4n) is 4.47. The minimum atomic E-state index is -0.0312. The molecule has 31 heavy (non-hydrogen) atoms. The summed E-state index contributed by atoms with van der Waals surface area (Å²) in [5.74, 6) is 1.58. The molecular weight excluding hydrogens is 392 g/mol. The molecule has 0 aliphatic heterocycles. The van der Waals surface area contributed by atoms with E-state index in [1.54, 1.807) is 10.9 Å². The van der Waals surface area contributed by atoms with Crippen LogP contribution in [0.4, 0.5) is 0 Å². The molecule has 4 aromatic rings. The van der Waals surface area contributed by atoms with Gasteiger partial charge in [-0.25, -0.2) is 4.68 Å². The predicted molar refractivity (Wildman–Crippen MR) is 116 cm³/mol. The molecule has 8 heteroatoms. The lowest BCUT2D eigenvalue weighted by Crippen LogP contribution is -2.35. The first-order valence-corrected chi connectivity index (χ1v) is 10.8. The van der Waals surface area contributed by atoms with E-state index >= 15 is 0 Å². The van der Waals surface area contributed by atoms with E-state index in [1.807, 2.05) is 31.2 Å². The first-order chi connectivity index (χ1) is 15.2. The summed E-state index contributed by atoms with van der Waals surface area (Å²) in [5, 5.41) is 13.3. The van der Waals surface area contributed by atoms with Crippen LogP contribution in [0, 0.1) is 6.92 Å². The molecule has 1 N–H and O–H groups in total. The van der Waals surface area contributed by atoms with Gasteiger partial charge in [0.1, 0.15) is 12.3 Å². The maximum absolute atomic E-state index is 12.8. The highest BCUT2D eigenvalue weighted by atomic mass is 16.3. The number of benzene rings is 1. The predicted octanol–water partition coefficient (Wildman–Crippen LogP) is 3.41. The second-order valence-electron chi connectivity index (χ2n) is 8.39. The summed E-state index contributed by atoms with van der Waals surface area (Å²) >= 11 is 0. The Morgan fingerprint density at radius 2 is 2.06 bits per heavy atom. The molecule has 0 bridgehead atoms. The number of hydrogen-bond acceptors (Lipinski definition) is 6. The zero-order valence-electron chi connectivity index (χ0n) is 17.6. The largest absolute Gasteiger partial charge is 0.467 e. The molecule has 0 unspecified atom stereocenters. The van der Waals surface area contributed by atoms with Crippen LogP contribution in [0.3, 0.4) is 0 Å². The number of fused-ring (bicyclic) bond motifs is 1. The van der Waals surface area contributed by atoms with Crippen molar-refractivity contribution in [3.05, 3.63) is 75.7 Å². The number of nitrogens with zero attached hydrogens (tertiary/aromatic N) is 5. The van der Waals surface area contributed by atoms with Gasteiger partial charge in [0.25, 0.3) is 5.56 Å². The van der Waals surface area contributed by atoms with Gasteiger partial charge in [-0.05, 0) is 65.4 Å². The van der Waals surface area contributed by atoms with Gasteiger partial charge in [-0.15, -0.1) is 5.10 Å². The van der Waals surface area contributed by atoms with Gasteiger partial charge in [0.15, 0.2) is 5.82 Å². The van der Waals surface area contributed by atoms with Crippen molar-refractivity contribution in [3.8, 4) is 0 Å². The van der Waals surface area contributed by atoms with E-state index < -0.39 is 0 Å². The molecule has 0 atom stereocenters. The van der Waals surface area contributed by atoms with Crippen molar-refractivity contribution in [1.29, 1.82) is 0 Å². The number of aromatic nitrogens is 5. The third kappa shape index (κ3) is 4.29. The van der Waals surface area contributed by atoms with Crippen molar-refractivity contribution >= 4 is 10.9 Å². The molecule has 160 valence electrons. The lowest BCUT2D eigenvalue weighted by molar-refractivity contribution is 0.172. The van der Waals surface area contributed by atoms with Crippen LogP contribution in [0.2, 0.25) is 0 Å². The van der Waals surface area contributed by atoms with Crippen LogP contribution >= 0.6 is 0 Å². The number of pyridine rings is 1. The molecule has 0 amide bonds. The van der Waals surface area contributed by atoms with Crippen LogP contribution < -0.4 is 5.56 Å². The lowest BCUT2D eigenvalue weighted by Gasteiger charge is -2.28. The number of nitrogens with one attached hydrogen (secondary N) is 1. The quantitative estimate of drug-likeness (QED) is 0.494. The molecule has 3 aromatic heterocycles. The molecule has 3 heterocycles. The first-order valence-electron chi connectivity index (χ1n) is 10.8. The molecule has 8 nitrogen and oxygen atoms in total. The maximum atomic E-state index is 12.8. The van der Waals surface area contributed by atoms with Crippen molar-refractivity contribution in [2.75, 3.05) is 0 Å². The van der Waals surface area contributed by atoms with Gasteiger partial charge in [-0.1, -0.05) is 25.0 Å². The SMILES string of the molecule is Cc1ccc2cc(CN(Cc3nnnn3Cc3ccco3)C3CCCC3)c(=O)[nH]c2c1. The number of furan rings is 1. The number of H-pyrrole nitrogens is 1. The van der Waals surface area contributed by atoms with Gasteiger partial charge in [0, 0.05) is 23.7 Å². The summed E-state index contributed by atoms with van der Waals surface area (Å²) in [6, 6.07) is 12.4. The minimum Gasteiger partial charge on any atom is -0.467 e. The number of aromatic amines is 1. The Kier molecular flexibility index (Phi) is 5.38.